The lowest BCUT2D eigenvalue weighted by Gasteiger charge is -2.18. The molecule has 2 N–H and O–H groups in total. The van der Waals surface area contributed by atoms with E-state index in [4.69, 9.17) is 0 Å². The predicted molar refractivity (Wildman–Crippen MR) is 72.8 cm³/mol. The fourth-order valence-electron chi connectivity index (χ4n) is 2.23. The molecule has 1 amide bonds. The van der Waals surface area contributed by atoms with E-state index in [2.05, 4.69) is 15.6 Å². The van der Waals surface area contributed by atoms with Crippen LogP contribution in [0.4, 0.5) is 11.4 Å². The van der Waals surface area contributed by atoms with E-state index in [0.717, 1.165) is 30.8 Å². The van der Waals surface area contributed by atoms with Gasteiger partial charge in [0.15, 0.2) is 0 Å². The van der Waals surface area contributed by atoms with Gasteiger partial charge in [-0.1, -0.05) is 0 Å². The summed E-state index contributed by atoms with van der Waals surface area (Å²) in [6.45, 7) is 1.02. The van der Waals surface area contributed by atoms with Crippen LogP contribution in [0.3, 0.4) is 0 Å². The number of nitrogens with one attached hydrogen (secondary N) is 2. The topological polar surface area (TPSA) is 57.3 Å². The summed E-state index contributed by atoms with van der Waals surface area (Å²) in [6, 6.07) is 2.22. The molecule has 1 aromatic rings. The third-order valence-electron chi connectivity index (χ3n) is 3.15. The molecule has 1 fully saturated rings. The van der Waals surface area contributed by atoms with Gasteiger partial charge >= 0.3 is 0 Å². The van der Waals surface area contributed by atoms with Crippen LogP contribution in [0, 0.1) is 0 Å². The first-order valence-corrected chi connectivity index (χ1v) is 6.31. The molecule has 1 unspecified atom stereocenters. The van der Waals surface area contributed by atoms with Crippen molar-refractivity contribution < 1.29 is 4.79 Å². The maximum atomic E-state index is 11.9. The summed E-state index contributed by atoms with van der Waals surface area (Å²) >= 11 is 0. The van der Waals surface area contributed by atoms with E-state index in [1.165, 1.54) is 0 Å². The third-order valence-corrected chi connectivity index (χ3v) is 3.15. The van der Waals surface area contributed by atoms with Gasteiger partial charge in [-0.15, -0.1) is 0 Å². The van der Waals surface area contributed by atoms with Gasteiger partial charge in [0.05, 0.1) is 17.6 Å². The van der Waals surface area contributed by atoms with Crippen molar-refractivity contribution in [3.63, 3.8) is 0 Å². The van der Waals surface area contributed by atoms with Crippen molar-refractivity contribution >= 4 is 17.3 Å². The van der Waals surface area contributed by atoms with Crippen molar-refractivity contribution in [3.05, 3.63) is 18.5 Å². The SMILES string of the molecule is CN(C)c1ccncc1NC(=O)CC1CCCN1. The maximum absolute atomic E-state index is 11.9. The monoisotopic (exact) mass is 248 g/mol. The van der Waals surface area contributed by atoms with Gasteiger partial charge in [-0.2, -0.15) is 0 Å². The average molecular weight is 248 g/mol. The molecule has 0 radical (unpaired) electrons. The molecule has 0 aliphatic carbocycles. The van der Waals surface area contributed by atoms with E-state index in [0.29, 0.717) is 12.5 Å². The van der Waals surface area contributed by atoms with Gasteiger partial charge in [0.25, 0.3) is 0 Å². The molecule has 1 aromatic heterocycles. The lowest BCUT2D eigenvalue weighted by atomic mass is 10.1. The normalized spacial score (nSPS) is 18.7. The highest BCUT2D eigenvalue weighted by Gasteiger charge is 2.18. The minimum absolute atomic E-state index is 0.0468. The van der Waals surface area contributed by atoms with E-state index in [1.54, 1.807) is 12.4 Å². The second-order valence-corrected chi connectivity index (χ2v) is 4.83. The van der Waals surface area contributed by atoms with Crippen molar-refractivity contribution in [2.24, 2.45) is 0 Å². The van der Waals surface area contributed by atoms with Crippen LogP contribution in [0.1, 0.15) is 19.3 Å². The first-order chi connectivity index (χ1) is 8.66. The van der Waals surface area contributed by atoms with Gasteiger partial charge in [0.1, 0.15) is 0 Å². The smallest absolute Gasteiger partial charge is 0.226 e. The second kappa shape index (κ2) is 5.82. The lowest BCUT2D eigenvalue weighted by Crippen LogP contribution is -2.28. The summed E-state index contributed by atoms with van der Waals surface area (Å²) in [5.74, 6) is 0.0468. The van der Waals surface area contributed by atoms with E-state index < -0.39 is 0 Å². The Balaban J connectivity index is 1.97. The van der Waals surface area contributed by atoms with Crippen LogP contribution in [0.5, 0.6) is 0 Å². The van der Waals surface area contributed by atoms with Gasteiger partial charge in [-0.25, -0.2) is 0 Å². The van der Waals surface area contributed by atoms with Crippen molar-refractivity contribution in [2.75, 3.05) is 30.9 Å². The molecule has 2 rings (SSSR count). The summed E-state index contributed by atoms with van der Waals surface area (Å²) in [7, 11) is 3.90. The molecular weight excluding hydrogens is 228 g/mol. The van der Waals surface area contributed by atoms with Crippen molar-refractivity contribution in [2.45, 2.75) is 25.3 Å². The highest BCUT2D eigenvalue weighted by atomic mass is 16.1. The highest BCUT2D eigenvalue weighted by molar-refractivity contribution is 5.94. The molecule has 5 heteroatoms. The van der Waals surface area contributed by atoms with E-state index in [1.807, 2.05) is 25.1 Å². The van der Waals surface area contributed by atoms with E-state index in [9.17, 15) is 4.79 Å². The minimum Gasteiger partial charge on any atom is -0.376 e. The molecule has 0 spiro atoms. The average Bonchev–Trinajstić information content (AvgIpc) is 2.82. The van der Waals surface area contributed by atoms with Crippen LogP contribution in [0.2, 0.25) is 0 Å². The van der Waals surface area contributed by atoms with Crippen LogP contribution < -0.4 is 15.5 Å². The largest absolute Gasteiger partial charge is 0.376 e. The number of amides is 1. The Hall–Kier alpha value is -1.62. The van der Waals surface area contributed by atoms with Gasteiger partial charge in [-0.05, 0) is 25.5 Å². The first-order valence-electron chi connectivity index (χ1n) is 6.31. The molecule has 0 bridgehead atoms. The number of anilines is 2. The molecule has 2 heterocycles. The first kappa shape index (κ1) is 12.8. The Morgan fingerprint density at radius 1 is 1.61 bits per heavy atom. The summed E-state index contributed by atoms with van der Waals surface area (Å²) in [5.41, 5.74) is 1.74. The van der Waals surface area contributed by atoms with Crippen LogP contribution in [0.15, 0.2) is 18.5 Å². The van der Waals surface area contributed by atoms with Crippen LogP contribution >= 0.6 is 0 Å². The molecule has 5 nitrogen and oxygen atoms in total. The number of rotatable bonds is 4. The second-order valence-electron chi connectivity index (χ2n) is 4.83. The number of hydrogen-bond acceptors (Lipinski definition) is 4. The summed E-state index contributed by atoms with van der Waals surface area (Å²) in [6.07, 6.45) is 6.19. The molecule has 1 atom stereocenters. The van der Waals surface area contributed by atoms with Gasteiger partial charge < -0.3 is 15.5 Å². The quantitative estimate of drug-likeness (QED) is 0.841. The maximum Gasteiger partial charge on any atom is 0.226 e. The summed E-state index contributed by atoms with van der Waals surface area (Å²) < 4.78 is 0. The van der Waals surface area contributed by atoms with Crippen molar-refractivity contribution in [1.82, 2.24) is 10.3 Å². The standard InChI is InChI=1S/C13H20N4O/c1-17(2)12-5-7-14-9-11(12)16-13(18)8-10-4-3-6-15-10/h5,7,9-10,15H,3-4,6,8H2,1-2H3,(H,16,18). The molecule has 18 heavy (non-hydrogen) atoms. The molecule has 1 aliphatic rings. The third kappa shape index (κ3) is 3.20. The molecule has 0 saturated carbocycles. The van der Waals surface area contributed by atoms with Crippen molar-refractivity contribution in [3.8, 4) is 0 Å². The fraction of sp³-hybridized carbons (Fsp3) is 0.538. The molecular formula is C13H20N4O. The Labute approximate surface area is 108 Å². The van der Waals surface area contributed by atoms with E-state index in [-0.39, 0.29) is 5.91 Å². The Bertz CT molecular complexity index is 413. The zero-order chi connectivity index (χ0) is 13.0. The highest BCUT2D eigenvalue weighted by Crippen LogP contribution is 2.22. The number of aromatic nitrogens is 1. The van der Waals surface area contributed by atoms with Crippen LogP contribution in [-0.2, 0) is 4.79 Å². The number of carbonyl (C=O) groups is 1. The fourth-order valence-corrected chi connectivity index (χ4v) is 2.23. The number of carbonyl (C=O) groups excluding carboxylic acids is 1. The number of nitrogens with zero attached hydrogens (tertiary/aromatic N) is 2. The van der Waals surface area contributed by atoms with Gasteiger partial charge in [-0.3, -0.25) is 9.78 Å². The molecule has 98 valence electrons. The van der Waals surface area contributed by atoms with Crippen LogP contribution in [0.25, 0.3) is 0 Å². The van der Waals surface area contributed by atoms with Crippen molar-refractivity contribution in [1.29, 1.82) is 0 Å². The van der Waals surface area contributed by atoms with Gasteiger partial charge in [0, 0.05) is 32.8 Å². The molecule has 1 aliphatic heterocycles. The lowest BCUT2D eigenvalue weighted by molar-refractivity contribution is -0.116. The Morgan fingerprint density at radius 2 is 2.44 bits per heavy atom. The van der Waals surface area contributed by atoms with Gasteiger partial charge in [0.2, 0.25) is 5.91 Å². The Morgan fingerprint density at radius 3 is 3.11 bits per heavy atom. The summed E-state index contributed by atoms with van der Waals surface area (Å²) in [4.78, 5) is 18.0. The van der Waals surface area contributed by atoms with Crippen LogP contribution in [-0.4, -0.2) is 37.6 Å². The minimum atomic E-state index is 0.0468. The predicted octanol–water partition coefficient (Wildman–Crippen LogP) is 1.23. The number of pyridine rings is 1. The summed E-state index contributed by atoms with van der Waals surface area (Å²) in [5, 5.41) is 6.26. The van der Waals surface area contributed by atoms with E-state index >= 15 is 0 Å². The zero-order valence-corrected chi connectivity index (χ0v) is 10.9. The molecule has 0 aromatic carbocycles. The molecule has 1 saturated heterocycles. The Kier molecular flexibility index (Phi) is 4.15. The number of hydrogen-bond donors (Lipinski definition) is 2. The zero-order valence-electron chi connectivity index (χ0n) is 10.9.